The van der Waals surface area contributed by atoms with E-state index in [9.17, 15) is 9.59 Å². The molecule has 2 heterocycles. The van der Waals surface area contributed by atoms with E-state index < -0.39 is 5.97 Å². The molecule has 0 atom stereocenters. The van der Waals surface area contributed by atoms with Crippen molar-refractivity contribution in [2.24, 2.45) is 0 Å². The van der Waals surface area contributed by atoms with Crippen molar-refractivity contribution < 1.29 is 14.3 Å². The number of hydrogen-bond acceptors (Lipinski definition) is 7. The van der Waals surface area contributed by atoms with E-state index in [2.05, 4.69) is 30.3 Å². The Morgan fingerprint density at radius 2 is 1.75 bits per heavy atom. The first-order chi connectivity index (χ1) is 13.5. The molecule has 8 heteroatoms. The number of anilines is 2. The lowest BCUT2D eigenvalue weighted by atomic mass is 10.2. The zero-order valence-electron chi connectivity index (χ0n) is 15.5. The highest BCUT2D eigenvalue weighted by atomic mass is 16.5. The Morgan fingerprint density at radius 3 is 2.43 bits per heavy atom. The van der Waals surface area contributed by atoms with Crippen LogP contribution in [0.4, 0.5) is 11.5 Å². The zero-order chi connectivity index (χ0) is 19.9. The Bertz CT molecular complexity index is 975. The summed E-state index contributed by atoms with van der Waals surface area (Å²) in [6.07, 6.45) is 3.43. The lowest BCUT2D eigenvalue weighted by Gasteiger charge is -2.09. The SMILES string of the molecule is COC(=O)c1ccc(NC(=O)c2cc(NCc3ccncc3)nc(C)n2)cc1. The highest BCUT2D eigenvalue weighted by Crippen LogP contribution is 2.14. The summed E-state index contributed by atoms with van der Waals surface area (Å²) in [5.74, 6) is 0.221. The third-order valence-corrected chi connectivity index (χ3v) is 3.86. The fourth-order valence-electron chi connectivity index (χ4n) is 2.47. The number of pyridine rings is 1. The van der Waals surface area contributed by atoms with Crippen LogP contribution in [-0.2, 0) is 11.3 Å². The average molecular weight is 377 g/mol. The molecule has 0 spiro atoms. The van der Waals surface area contributed by atoms with Gasteiger partial charge in [0.15, 0.2) is 0 Å². The fraction of sp³-hybridized carbons (Fsp3) is 0.150. The van der Waals surface area contributed by atoms with Gasteiger partial charge in [-0.05, 0) is 48.9 Å². The first kappa shape index (κ1) is 19.0. The summed E-state index contributed by atoms with van der Waals surface area (Å²) >= 11 is 0. The number of nitrogens with zero attached hydrogens (tertiary/aromatic N) is 3. The van der Waals surface area contributed by atoms with Gasteiger partial charge in [-0.1, -0.05) is 0 Å². The standard InChI is InChI=1S/C20H19N5O3/c1-13-23-17(11-18(24-13)22-12-14-7-9-21-10-8-14)19(26)25-16-5-3-15(4-6-16)20(27)28-2/h3-11H,12H2,1-2H3,(H,25,26)(H,22,23,24). The fourth-order valence-corrected chi connectivity index (χ4v) is 2.47. The molecule has 1 amide bonds. The smallest absolute Gasteiger partial charge is 0.337 e. The predicted molar refractivity (Wildman–Crippen MR) is 104 cm³/mol. The molecule has 1 aromatic carbocycles. The van der Waals surface area contributed by atoms with Gasteiger partial charge in [0, 0.05) is 30.7 Å². The molecular weight excluding hydrogens is 358 g/mol. The van der Waals surface area contributed by atoms with Crippen LogP contribution in [0.1, 0.15) is 32.2 Å². The maximum atomic E-state index is 12.5. The van der Waals surface area contributed by atoms with Gasteiger partial charge in [-0.15, -0.1) is 0 Å². The molecule has 0 bridgehead atoms. The minimum Gasteiger partial charge on any atom is -0.465 e. The number of aromatic nitrogens is 3. The van der Waals surface area contributed by atoms with Gasteiger partial charge in [-0.2, -0.15) is 0 Å². The van der Waals surface area contributed by atoms with E-state index in [1.54, 1.807) is 49.6 Å². The van der Waals surface area contributed by atoms with Crippen molar-refractivity contribution in [2.75, 3.05) is 17.7 Å². The minimum absolute atomic E-state index is 0.238. The average Bonchev–Trinajstić information content (AvgIpc) is 2.72. The summed E-state index contributed by atoms with van der Waals surface area (Å²) in [5.41, 5.74) is 2.23. The second-order valence-corrected chi connectivity index (χ2v) is 5.92. The van der Waals surface area contributed by atoms with Gasteiger partial charge in [0.05, 0.1) is 12.7 Å². The van der Waals surface area contributed by atoms with Crippen molar-refractivity contribution in [1.29, 1.82) is 0 Å². The van der Waals surface area contributed by atoms with Crippen LogP contribution < -0.4 is 10.6 Å². The molecule has 2 aromatic heterocycles. The summed E-state index contributed by atoms with van der Waals surface area (Å²) in [5, 5.41) is 5.93. The number of aryl methyl sites for hydroxylation is 1. The second-order valence-electron chi connectivity index (χ2n) is 5.92. The zero-order valence-corrected chi connectivity index (χ0v) is 15.5. The van der Waals surface area contributed by atoms with Crippen molar-refractivity contribution in [3.8, 4) is 0 Å². The van der Waals surface area contributed by atoms with Crippen LogP contribution in [0.3, 0.4) is 0 Å². The van der Waals surface area contributed by atoms with Gasteiger partial charge < -0.3 is 15.4 Å². The van der Waals surface area contributed by atoms with Crippen molar-refractivity contribution in [1.82, 2.24) is 15.0 Å². The summed E-state index contributed by atoms with van der Waals surface area (Å²) in [6.45, 7) is 2.27. The van der Waals surface area contributed by atoms with Gasteiger partial charge in [0.2, 0.25) is 0 Å². The van der Waals surface area contributed by atoms with E-state index in [0.717, 1.165) is 5.56 Å². The molecule has 0 aliphatic rings. The maximum absolute atomic E-state index is 12.5. The van der Waals surface area contributed by atoms with E-state index >= 15 is 0 Å². The lowest BCUT2D eigenvalue weighted by Crippen LogP contribution is -2.16. The van der Waals surface area contributed by atoms with Crippen LogP contribution in [-0.4, -0.2) is 33.9 Å². The van der Waals surface area contributed by atoms with Crippen LogP contribution in [0.15, 0.2) is 54.9 Å². The summed E-state index contributed by atoms with van der Waals surface area (Å²) < 4.78 is 4.65. The number of carbonyl (C=O) groups excluding carboxylic acids is 2. The minimum atomic E-state index is -0.436. The lowest BCUT2D eigenvalue weighted by molar-refractivity contribution is 0.0600. The molecule has 8 nitrogen and oxygen atoms in total. The van der Waals surface area contributed by atoms with Crippen molar-refractivity contribution >= 4 is 23.4 Å². The third-order valence-electron chi connectivity index (χ3n) is 3.86. The number of rotatable bonds is 6. The molecule has 0 saturated carbocycles. The molecule has 28 heavy (non-hydrogen) atoms. The topological polar surface area (TPSA) is 106 Å². The van der Waals surface area contributed by atoms with Gasteiger partial charge >= 0.3 is 5.97 Å². The third kappa shape index (κ3) is 4.88. The Kier molecular flexibility index (Phi) is 5.91. The van der Waals surface area contributed by atoms with Gasteiger partial charge in [-0.25, -0.2) is 14.8 Å². The van der Waals surface area contributed by atoms with Crippen LogP contribution in [0.2, 0.25) is 0 Å². The molecule has 0 radical (unpaired) electrons. The number of ether oxygens (including phenoxy) is 1. The molecule has 2 N–H and O–H groups in total. The molecular formula is C20H19N5O3. The number of hydrogen-bond donors (Lipinski definition) is 2. The normalized spacial score (nSPS) is 10.2. The molecule has 0 fully saturated rings. The first-order valence-electron chi connectivity index (χ1n) is 8.53. The van der Waals surface area contributed by atoms with Crippen LogP contribution in [0.25, 0.3) is 0 Å². The van der Waals surface area contributed by atoms with Gasteiger partial charge in [0.25, 0.3) is 5.91 Å². The molecule has 0 saturated heterocycles. The van der Waals surface area contributed by atoms with Crippen LogP contribution >= 0.6 is 0 Å². The molecule has 3 aromatic rings. The van der Waals surface area contributed by atoms with E-state index in [-0.39, 0.29) is 11.6 Å². The van der Waals surface area contributed by atoms with Crippen LogP contribution in [0.5, 0.6) is 0 Å². The second kappa shape index (κ2) is 8.72. The monoisotopic (exact) mass is 377 g/mol. The predicted octanol–water partition coefficient (Wildman–Crippen LogP) is 2.83. The largest absolute Gasteiger partial charge is 0.465 e. The molecule has 0 aliphatic heterocycles. The molecule has 3 rings (SSSR count). The number of carbonyl (C=O) groups is 2. The Morgan fingerprint density at radius 1 is 1.04 bits per heavy atom. The maximum Gasteiger partial charge on any atom is 0.337 e. The van der Waals surface area contributed by atoms with Gasteiger partial charge in [-0.3, -0.25) is 9.78 Å². The number of amides is 1. The number of benzene rings is 1. The van der Waals surface area contributed by atoms with Crippen molar-refractivity contribution in [3.63, 3.8) is 0 Å². The van der Waals surface area contributed by atoms with Crippen LogP contribution in [0, 0.1) is 6.92 Å². The Balaban J connectivity index is 1.69. The quantitative estimate of drug-likeness (QED) is 0.636. The number of methoxy groups -OCH3 is 1. The van der Waals surface area contributed by atoms with Gasteiger partial charge in [0.1, 0.15) is 17.3 Å². The summed E-state index contributed by atoms with van der Waals surface area (Å²) in [6, 6.07) is 11.8. The van der Waals surface area contributed by atoms with Crippen molar-refractivity contribution in [2.45, 2.75) is 13.5 Å². The van der Waals surface area contributed by atoms with E-state index in [1.165, 1.54) is 7.11 Å². The van der Waals surface area contributed by atoms with E-state index in [1.807, 2.05) is 12.1 Å². The highest BCUT2D eigenvalue weighted by molar-refractivity contribution is 6.03. The summed E-state index contributed by atoms with van der Waals surface area (Å²) in [4.78, 5) is 36.5. The Labute approximate surface area is 162 Å². The molecule has 0 unspecified atom stereocenters. The van der Waals surface area contributed by atoms with Crippen molar-refractivity contribution in [3.05, 3.63) is 77.5 Å². The number of nitrogens with one attached hydrogen (secondary N) is 2. The Hall–Kier alpha value is -3.81. The first-order valence-corrected chi connectivity index (χ1v) is 8.53. The molecule has 0 aliphatic carbocycles. The molecule has 142 valence electrons. The van der Waals surface area contributed by atoms with E-state index in [4.69, 9.17) is 0 Å². The van der Waals surface area contributed by atoms with E-state index in [0.29, 0.717) is 29.4 Å². The number of esters is 1. The highest BCUT2D eigenvalue weighted by Gasteiger charge is 2.12. The summed E-state index contributed by atoms with van der Waals surface area (Å²) in [7, 11) is 1.32.